The highest BCUT2D eigenvalue weighted by molar-refractivity contribution is 5.96. The summed E-state index contributed by atoms with van der Waals surface area (Å²) < 4.78 is 68.3. The Labute approximate surface area is 273 Å². The minimum atomic E-state index is -1.71. The van der Waals surface area contributed by atoms with Gasteiger partial charge < -0.3 is 61.6 Å². The highest BCUT2D eigenvalue weighted by Crippen LogP contribution is 2.52. The lowest BCUT2D eigenvalue weighted by Crippen LogP contribution is -2.61. The molecule has 0 N–H and O–H groups in total. The van der Waals surface area contributed by atoms with Gasteiger partial charge in [0.1, 0.15) is 18.8 Å². The summed E-state index contributed by atoms with van der Waals surface area (Å²) in [4.78, 5) is 75.8. The molecular weight excluding hydrogens is 652 g/mol. The van der Waals surface area contributed by atoms with E-state index in [0.717, 1.165) is 13.2 Å². The number of fused-ring (bicyclic) bond motifs is 3. The Kier molecular flexibility index (Phi) is 13.7. The van der Waals surface area contributed by atoms with Crippen molar-refractivity contribution in [2.24, 2.45) is 0 Å². The van der Waals surface area contributed by atoms with E-state index < -0.39 is 85.4 Å². The van der Waals surface area contributed by atoms with Crippen LogP contribution in [-0.2, 0) is 47.4 Å². The van der Waals surface area contributed by atoms with Gasteiger partial charge in [-0.2, -0.15) is 0 Å². The minimum absolute atomic E-state index is 0.0414. The molecule has 48 heavy (non-hydrogen) atoms. The van der Waals surface area contributed by atoms with Crippen molar-refractivity contribution in [3.05, 3.63) is 17.2 Å². The average Bonchev–Trinajstić information content (AvgIpc) is 3.02. The first kappa shape index (κ1) is 37.3. The molecule has 19 heteroatoms. The van der Waals surface area contributed by atoms with Gasteiger partial charge in [0.2, 0.25) is 5.75 Å². The van der Waals surface area contributed by atoms with Crippen LogP contribution in [0.3, 0.4) is 0 Å². The van der Waals surface area contributed by atoms with Crippen LogP contribution >= 0.6 is 0 Å². The van der Waals surface area contributed by atoms with Crippen LogP contribution in [0.4, 0.5) is 24.0 Å². The number of esters is 1. The van der Waals surface area contributed by atoms with E-state index in [4.69, 9.17) is 61.6 Å². The number of carbonyl (C=O) groups excluding carboxylic acids is 6. The highest BCUT2D eigenvalue weighted by atomic mass is 16.8. The monoisotopic (exact) mass is 688 g/mol. The molecule has 2 aliphatic heterocycles. The molecule has 0 radical (unpaired) electrons. The number of methoxy groups -OCH3 is 1. The van der Waals surface area contributed by atoms with Crippen LogP contribution in [0.5, 0.6) is 17.2 Å². The molecule has 0 amide bonds. The SMILES string of the molecule is CCOC(=O)OC[C@H]1OC2c3c(cc(OC(=O)OCC)c(OC)c3OC(=O)OCC)C(=O)OC2[C@@H](OC(=O)OCC)[C@@H]1OC(=O)OCC. The van der Waals surface area contributed by atoms with Crippen LogP contribution in [0.15, 0.2) is 6.07 Å². The zero-order valence-corrected chi connectivity index (χ0v) is 27.0. The molecular formula is C29H36O19. The van der Waals surface area contributed by atoms with Gasteiger partial charge in [0, 0.05) is 11.6 Å². The van der Waals surface area contributed by atoms with Crippen molar-refractivity contribution in [3.63, 3.8) is 0 Å². The second kappa shape index (κ2) is 17.6. The van der Waals surface area contributed by atoms with E-state index in [2.05, 4.69) is 0 Å². The third-order valence-electron chi connectivity index (χ3n) is 6.35. The zero-order chi connectivity index (χ0) is 35.4. The van der Waals surface area contributed by atoms with Crippen molar-refractivity contribution in [2.45, 2.75) is 65.1 Å². The first-order valence-corrected chi connectivity index (χ1v) is 14.8. The van der Waals surface area contributed by atoms with E-state index >= 15 is 0 Å². The van der Waals surface area contributed by atoms with Crippen LogP contribution in [0.2, 0.25) is 0 Å². The number of carbonyl (C=O) groups is 6. The van der Waals surface area contributed by atoms with Crippen LogP contribution < -0.4 is 14.2 Å². The summed E-state index contributed by atoms with van der Waals surface area (Å²) in [5, 5.41) is 0. The maximum absolute atomic E-state index is 13.6. The first-order valence-electron chi connectivity index (χ1n) is 14.8. The van der Waals surface area contributed by atoms with Crippen molar-refractivity contribution in [3.8, 4) is 17.2 Å². The fourth-order valence-corrected chi connectivity index (χ4v) is 4.63. The van der Waals surface area contributed by atoms with Crippen molar-refractivity contribution in [2.75, 3.05) is 46.8 Å². The molecule has 1 saturated heterocycles. The Balaban J connectivity index is 2.26. The number of hydrogen-bond acceptors (Lipinski definition) is 19. The molecule has 0 saturated carbocycles. The van der Waals surface area contributed by atoms with Gasteiger partial charge in [0.05, 0.1) is 45.7 Å². The molecule has 0 bridgehead atoms. The predicted octanol–water partition coefficient (Wildman–Crippen LogP) is 4.00. The molecule has 0 aliphatic carbocycles. The Hall–Kier alpha value is -5.20. The number of hydrogen-bond donors (Lipinski definition) is 0. The summed E-state index contributed by atoms with van der Waals surface area (Å²) in [5.41, 5.74) is -0.592. The maximum Gasteiger partial charge on any atom is 0.513 e. The third kappa shape index (κ3) is 8.99. The molecule has 2 aliphatic rings. The van der Waals surface area contributed by atoms with Crippen LogP contribution in [0.25, 0.3) is 0 Å². The van der Waals surface area contributed by atoms with E-state index in [1.165, 1.54) is 34.6 Å². The Morgan fingerprint density at radius 1 is 0.667 bits per heavy atom. The molecule has 266 valence electrons. The summed E-state index contributed by atoms with van der Waals surface area (Å²) in [5.74, 6) is -2.46. The quantitative estimate of drug-likeness (QED) is 0.172. The number of ether oxygens (including phenoxy) is 13. The van der Waals surface area contributed by atoms with Gasteiger partial charge in [0.25, 0.3) is 0 Å². The minimum Gasteiger partial charge on any atom is -0.490 e. The Morgan fingerprint density at radius 2 is 1.19 bits per heavy atom. The molecule has 1 aromatic rings. The summed E-state index contributed by atoms with van der Waals surface area (Å²) in [6.07, 6.45) is -14.1. The normalized spacial score (nSPS) is 20.7. The summed E-state index contributed by atoms with van der Waals surface area (Å²) in [7, 11) is 1.14. The van der Waals surface area contributed by atoms with Crippen LogP contribution in [0, 0.1) is 0 Å². The van der Waals surface area contributed by atoms with E-state index in [1.807, 2.05) is 0 Å². The van der Waals surface area contributed by atoms with Crippen molar-refractivity contribution in [1.82, 2.24) is 0 Å². The molecule has 0 aromatic heterocycles. The molecule has 3 rings (SSSR count). The molecule has 2 heterocycles. The van der Waals surface area contributed by atoms with Crippen LogP contribution in [0.1, 0.15) is 56.6 Å². The lowest BCUT2D eigenvalue weighted by Gasteiger charge is -2.46. The first-order chi connectivity index (χ1) is 23.0. The molecule has 5 atom stereocenters. The second-order valence-electron chi connectivity index (χ2n) is 9.26. The van der Waals surface area contributed by atoms with E-state index in [-0.39, 0.29) is 49.9 Å². The van der Waals surface area contributed by atoms with Crippen molar-refractivity contribution < 1.29 is 90.3 Å². The fraction of sp³-hybridized carbons (Fsp3) is 0.586. The van der Waals surface area contributed by atoms with Crippen molar-refractivity contribution >= 4 is 36.7 Å². The van der Waals surface area contributed by atoms with Gasteiger partial charge in [-0.15, -0.1) is 0 Å². The molecule has 19 nitrogen and oxygen atoms in total. The Morgan fingerprint density at radius 3 is 1.75 bits per heavy atom. The molecule has 1 fully saturated rings. The summed E-state index contributed by atoms with van der Waals surface area (Å²) in [6.45, 7) is 6.41. The van der Waals surface area contributed by atoms with Gasteiger partial charge >= 0.3 is 36.7 Å². The lowest BCUT2D eigenvalue weighted by molar-refractivity contribution is -0.241. The maximum atomic E-state index is 13.6. The molecule has 1 aromatic carbocycles. The fourth-order valence-electron chi connectivity index (χ4n) is 4.63. The third-order valence-corrected chi connectivity index (χ3v) is 6.35. The molecule has 2 unspecified atom stereocenters. The van der Waals surface area contributed by atoms with Gasteiger partial charge in [-0.1, -0.05) is 0 Å². The standard InChI is InChI=1S/C29H36O19/c1-7-37-25(31)42-13-16-19(46-27(33)39-9-3)22(48-29(35)41-11-5)23-21(43-16)17-14(24(30)45-23)12-15(44-26(32)38-8-2)18(36-6)20(17)47-28(34)40-10-4/h12,16,19,21-23H,7-11,13H2,1-6H3/t16-,19-,21?,22+,23?/m1/s1. The van der Waals surface area contributed by atoms with Gasteiger partial charge in [-0.3, -0.25) is 0 Å². The second-order valence-corrected chi connectivity index (χ2v) is 9.26. The van der Waals surface area contributed by atoms with E-state index in [1.54, 1.807) is 0 Å². The number of rotatable bonds is 12. The van der Waals surface area contributed by atoms with E-state index in [9.17, 15) is 28.8 Å². The lowest BCUT2D eigenvalue weighted by atomic mass is 9.85. The summed E-state index contributed by atoms with van der Waals surface area (Å²) >= 11 is 0. The van der Waals surface area contributed by atoms with Gasteiger partial charge in [-0.05, 0) is 34.6 Å². The highest BCUT2D eigenvalue weighted by Gasteiger charge is 2.57. The largest absolute Gasteiger partial charge is 0.513 e. The summed E-state index contributed by atoms with van der Waals surface area (Å²) in [6, 6.07) is 1.04. The van der Waals surface area contributed by atoms with Crippen LogP contribution in [-0.4, -0.2) is 108 Å². The van der Waals surface area contributed by atoms with Gasteiger partial charge in [-0.25, -0.2) is 28.8 Å². The average molecular weight is 689 g/mol. The number of benzene rings is 1. The van der Waals surface area contributed by atoms with E-state index in [0.29, 0.717) is 0 Å². The zero-order valence-electron chi connectivity index (χ0n) is 27.0. The molecule has 0 spiro atoms. The topological polar surface area (TPSA) is 222 Å². The van der Waals surface area contributed by atoms with Gasteiger partial charge in [0.15, 0.2) is 29.8 Å². The Bertz CT molecular complexity index is 1340. The predicted molar refractivity (Wildman–Crippen MR) is 152 cm³/mol. The smallest absolute Gasteiger partial charge is 0.490 e. The van der Waals surface area contributed by atoms with Crippen molar-refractivity contribution in [1.29, 1.82) is 0 Å².